The van der Waals surface area contributed by atoms with Gasteiger partial charge in [-0.15, -0.1) is 0 Å². The molecule has 1 atom stereocenters. The van der Waals surface area contributed by atoms with Crippen LogP contribution in [-0.4, -0.2) is 41.5 Å². The zero-order valence-electron chi connectivity index (χ0n) is 12.0. The van der Waals surface area contributed by atoms with Crippen molar-refractivity contribution in [1.29, 1.82) is 0 Å². The first kappa shape index (κ1) is 17.7. The molecule has 0 fully saturated rings. The van der Waals surface area contributed by atoms with E-state index in [-0.39, 0.29) is 0 Å². The van der Waals surface area contributed by atoms with E-state index in [1.165, 1.54) is 17.5 Å². The molecule has 5 heteroatoms. The largest absolute Gasteiger partial charge is 0.475 e. The molecule has 0 aliphatic heterocycles. The van der Waals surface area contributed by atoms with Crippen molar-refractivity contribution in [3.8, 4) is 0 Å². The van der Waals surface area contributed by atoms with Crippen molar-refractivity contribution in [1.82, 2.24) is 4.90 Å². The van der Waals surface area contributed by atoms with Crippen LogP contribution in [0.5, 0.6) is 0 Å². The predicted octanol–water partition coefficient (Wildman–Crippen LogP) is 1.70. The Morgan fingerprint density at radius 1 is 1.42 bits per heavy atom. The molecule has 106 valence electrons. The van der Waals surface area contributed by atoms with Crippen molar-refractivity contribution in [2.45, 2.75) is 39.1 Å². The Morgan fingerprint density at radius 2 is 2.05 bits per heavy atom. The second-order valence-corrected chi connectivity index (χ2v) is 4.50. The summed E-state index contributed by atoms with van der Waals surface area (Å²) in [6.45, 7) is 8.00. The number of carbonyl (C=O) groups excluding carboxylic acids is 1. The Morgan fingerprint density at radius 3 is 2.47 bits per heavy atom. The molecule has 0 bridgehead atoms. The van der Waals surface area contributed by atoms with Crippen LogP contribution in [0.15, 0.2) is 36.0 Å². The minimum absolute atomic E-state index is 0.466. The van der Waals surface area contributed by atoms with Crippen LogP contribution in [0.3, 0.4) is 0 Å². The minimum Gasteiger partial charge on any atom is -0.426 e. The summed E-state index contributed by atoms with van der Waals surface area (Å²) in [4.78, 5) is 11.9. The van der Waals surface area contributed by atoms with Crippen molar-refractivity contribution in [2.24, 2.45) is 0 Å². The first-order valence-corrected chi connectivity index (χ1v) is 6.50. The molecule has 2 N–H and O–H groups in total. The van der Waals surface area contributed by atoms with Gasteiger partial charge in [-0.25, -0.2) is 0 Å². The van der Waals surface area contributed by atoms with E-state index in [1.54, 1.807) is 0 Å². The van der Waals surface area contributed by atoms with Gasteiger partial charge in [0.25, 0.3) is 0 Å². The number of amides is 1. The molecule has 1 amide bonds. The summed E-state index contributed by atoms with van der Waals surface area (Å²) in [5, 5.41) is 18.4. The quantitative estimate of drug-likeness (QED) is 0.379. The van der Waals surface area contributed by atoms with E-state index < -0.39 is 13.1 Å². The number of hydrogen-bond donors (Lipinski definition) is 2. The van der Waals surface area contributed by atoms with Gasteiger partial charge in [0, 0.05) is 7.05 Å². The molecule has 0 aromatic heterocycles. The van der Waals surface area contributed by atoms with Crippen molar-refractivity contribution in [3.63, 3.8) is 0 Å². The minimum atomic E-state index is -1.53. The second-order valence-electron chi connectivity index (χ2n) is 4.50. The highest BCUT2D eigenvalue weighted by Gasteiger charge is 2.26. The lowest BCUT2D eigenvalue weighted by Gasteiger charge is -2.23. The van der Waals surface area contributed by atoms with Crippen LogP contribution in [0.2, 0.25) is 0 Å². The topological polar surface area (TPSA) is 60.8 Å². The number of nitrogens with zero attached hydrogens (tertiary/aromatic N) is 1. The van der Waals surface area contributed by atoms with Gasteiger partial charge >= 0.3 is 7.12 Å². The smallest absolute Gasteiger partial charge is 0.426 e. The number of hydrogen-bond acceptors (Lipinski definition) is 3. The predicted molar refractivity (Wildman–Crippen MR) is 79.4 cm³/mol. The molecule has 0 aromatic carbocycles. The van der Waals surface area contributed by atoms with Crippen molar-refractivity contribution >= 4 is 13.5 Å². The Kier molecular flexibility index (Phi) is 8.92. The third kappa shape index (κ3) is 6.98. The molecular formula is C14H24BNO3. The average molecular weight is 265 g/mol. The lowest BCUT2D eigenvalue weighted by Crippen LogP contribution is -2.44. The van der Waals surface area contributed by atoms with E-state index in [1.807, 2.05) is 25.2 Å². The molecule has 0 radical (unpaired) electrons. The van der Waals surface area contributed by atoms with Gasteiger partial charge in [0.05, 0.1) is 5.94 Å². The van der Waals surface area contributed by atoms with Gasteiger partial charge in [0.2, 0.25) is 6.41 Å². The van der Waals surface area contributed by atoms with Crippen LogP contribution < -0.4 is 0 Å². The number of allylic oxidation sites excluding steroid dienone is 5. The van der Waals surface area contributed by atoms with Gasteiger partial charge in [-0.2, -0.15) is 0 Å². The van der Waals surface area contributed by atoms with Crippen molar-refractivity contribution in [2.75, 3.05) is 7.05 Å². The Hall–Kier alpha value is -1.33. The molecule has 4 nitrogen and oxygen atoms in total. The summed E-state index contributed by atoms with van der Waals surface area (Å²) >= 11 is 0. The van der Waals surface area contributed by atoms with E-state index in [2.05, 4.69) is 13.5 Å². The van der Waals surface area contributed by atoms with Gasteiger partial charge in [-0.05, 0) is 26.2 Å². The summed E-state index contributed by atoms with van der Waals surface area (Å²) in [7, 11) is -0.00114. The van der Waals surface area contributed by atoms with E-state index in [0.29, 0.717) is 19.3 Å². The molecule has 0 unspecified atom stereocenters. The molecule has 0 saturated carbocycles. The Labute approximate surface area is 116 Å². The highest BCUT2D eigenvalue weighted by Crippen LogP contribution is 2.13. The Balaban J connectivity index is 4.38. The summed E-state index contributed by atoms with van der Waals surface area (Å²) in [6.07, 6.45) is 8.62. The van der Waals surface area contributed by atoms with Gasteiger partial charge in [0.1, 0.15) is 0 Å². The monoisotopic (exact) mass is 265 g/mol. The summed E-state index contributed by atoms with van der Waals surface area (Å²) in [5.41, 5.74) is 2.13. The molecule has 0 aliphatic carbocycles. The summed E-state index contributed by atoms with van der Waals surface area (Å²) in [6, 6.07) is 0. The molecule has 0 aliphatic rings. The van der Waals surface area contributed by atoms with Crippen LogP contribution in [-0.2, 0) is 4.79 Å². The van der Waals surface area contributed by atoms with Gasteiger partial charge in [0.15, 0.2) is 0 Å². The highest BCUT2D eigenvalue weighted by atomic mass is 16.4. The van der Waals surface area contributed by atoms with Crippen molar-refractivity contribution < 1.29 is 14.8 Å². The van der Waals surface area contributed by atoms with E-state index in [9.17, 15) is 14.8 Å². The first-order chi connectivity index (χ1) is 8.96. The molecule has 0 aromatic rings. The third-order valence-corrected chi connectivity index (χ3v) is 3.11. The molecular weight excluding hydrogens is 241 g/mol. The summed E-state index contributed by atoms with van der Waals surface area (Å²) < 4.78 is 0. The number of rotatable bonds is 9. The van der Waals surface area contributed by atoms with E-state index in [0.717, 1.165) is 12.0 Å². The van der Waals surface area contributed by atoms with E-state index in [4.69, 9.17) is 0 Å². The van der Waals surface area contributed by atoms with E-state index >= 15 is 0 Å². The molecule has 0 heterocycles. The maximum atomic E-state index is 10.6. The molecule has 0 rings (SSSR count). The van der Waals surface area contributed by atoms with Crippen LogP contribution in [0, 0.1) is 0 Å². The SMILES string of the molecule is C=C(/C=C\C(=C/C)CC)CC[C@@H](B(O)O)N(C)C=O. The first-order valence-electron chi connectivity index (χ1n) is 6.50. The zero-order chi connectivity index (χ0) is 14.8. The lowest BCUT2D eigenvalue weighted by atomic mass is 9.75. The highest BCUT2D eigenvalue weighted by molar-refractivity contribution is 6.43. The summed E-state index contributed by atoms with van der Waals surface area (Å²) in [5.74, 6) is -0.602. The van der Waals surface area contributed by atoms with Crippen molar-refractivity contribution in [3.05, 3.63) is 36.0 Å². The maximum Gasteiger partial charge on any atom is 0.475 e. The number of carbonyl (C=O) groups is 1. The molecule has 19 heavy (non-hydrogen) atoms. The van der Waals surface area contributed by atoms with Gasteiger partial charge in [-0.3, -0.25) is 4.79 Å². The van der Waals surface area contributed by atoms with Crippen LogP contribution in [0.1, 0.15) is 33.1 Å². The molecule has 0 saturated heterocycles. The fourth-order valence-corrected chi connectivity index (χ4v) is 1.70. The fraction of sp³-hybridized carbons (Fsp3) is 0.500. The zero-order valence-corrected chi connectivity index (χ0v) is 12.0. The second kappa shape index (κ2) is 9.58. The van der Waals surface area contributed by atoms with Gasteiger partial charge in [-0.1, -0.05) is 42.9 Å². The lowest BCUT2D eigenvalue weighted by molar-refractivity contribution is -0.118. The van der Waals surface area contributed by atoms with Crippen LogP contribution in [0.25, 0.3) is 0 Å². The normalized spacial score (nSPS) is 13.4. The van der Waals surface area contributed by atoms with Crippen LogP contribution >= 0.6 is 0 Å². The fourth-order valence-electron chi connectivity index (χ4n) is 1.70. The third-order valence-electron chi connectivity index (χ3n) is 3.11. The maximum absolute atomic E-state index is 10.6. The standard InChI is InChI=1S/C14H24BNO3/c1-5-13(6-2)9-7-12(3)8-10-14(15(18)19)16(4)11-17/h5,7,9,11,14,18-19H,3,6,8,10H2,1-2,4H3/b9-7-,13-5-/t14-/m0/s1. The van der Waals surface area contributed by atoms with Gasteiger partial charge < -0.3 is 14.9 Å². The van der Waals surface area contributed by atoms with Crippen LogP contribution in [0.4, 0.5) is 0 Å². The molecule has 0 spiro atoms. The average Bonchev–Trinajstić information content (AvgIpc) is 2.39. The Bertz CT molecular complexity index is 351.